The minimum Gasteiger partial charge on any atom is -0.453 e. The van der Waals surface area contributed by atoms with Gasteiger partial charge in [0.15, 0.2) is 0 Å². The van der Waals surface area contributed by atoms with Gasteiger partial charge in [0.25, 0.3) is 0 Å². The van der Waals surface area contributed by atoms with Crippen LogP contribution in [0.5, 0.6) is 0 Å². The normalized spacial score (nSPS) is 12.3. The van der Waals surface area contributed by atoms with E-state index in [0.717, 1.165) is 0 Å². The largest absolute Gasteiger partial charge is 0.453 e. The molecule has 0 aliphatic carbocycles. The quantitative estimate of drug-likeness (QED) is 0.654. The Balaban J connectivity index is 3.71. The topological polar surface area (TPSA) is 78.9 Å². The Morgan fingerprint density at radius 2 is 2.13 bits per heavy atom. The lowest BCUT2D eigenvalue weighted by Crippen LogP contribution is -2.39. The number of aliphatic hydroxyl groups excluding tert-OH is 1. The number of alkyl carbamates (subject to hydrolysis) is 1. The zero-order chi connectivity index (χ0) is 11.8. The molecular weight excluding hydrogens is 200 g/mol. The highest BCUT2D eigenvalue weighted by Gasteiger charge is 2.10. The zero-order valence-electron chi connectivity index (χ0n) is 9.32. The van der Waals surface area contributed by atoms with Crippen LogP contribution in [0.15, 0.2) is 0 Å². The summed E-state index contributed by atoms with van der Waals surface area (Å²) in [5.41, 5.74) is 0. The summed E-state index contributed by atoms with van der Waals surface area (Å²) in [5.74, 6) is -0.421. The summed E-state index contributed by atoms with van der Waals surface area (Å²) in [4.78, 5) is 23.5. The fourth-order valence-electron chi connectivity index (χ4n) is 0.936. The number of likely N-dealkylation sites (N-methyl/N-ethyl adjacent to an activating group) is 1. The molecule has 0 aromatic rings. The third-order valence-corrected chi connectivity index (χ3v) is 1.77. The van der Waals surface area contributed by atoms with Crippen LogP contribution in [0.3, 0.4) is 0 Å². The van der Waals surface area contributed by atoms with Gasteiger partial charge in [-0.15, -0.1) is 0 Å². The predicted octanol–water partition coefficient (Wildman–Crippen LogP) is -0.428. The maximum absolute atomic E-state index is 11.2. The average molecular weight is 218 g/mol. The van der Waals surface area contributed by atoms with Crippen LogP contribution in [0, 0.1) is 0 Å². The minimum atomic E-state index is -0.760. The Kier molecular flexibility index (Phi) is 6.64. The van der Waals surface area contributed by atoms with Crippen LogP contribution in [-0.4, -0.2) is 55.4 Å². The van der Waals surface area contributed by atoms with E-state index in [1.807, 2.05) is 5.32 Å². The molecule has 15 heavy (non-hydrogen) atoms. The molecule has 0 spiro atoms. The summed E-state index contributed by atoms with van der Waals surface area (Å²) in [5, 5.41) is 11.1. The number of imide groups is 1. The van der Waals surface area contributed by atoms with Gasteiger partial charge in [0.2, 0.25) is 5.91 Å². The molecule has 0 fully saturated rings. The van der Waals surface area contributed by atoms with Crippen LogP contribution in [0.2, 0.25) is 0 Å². The number of aliphatic hydroxyl groups is 1. The summed E-state index contributed by atoms with van der Waals surface area (Å²) in [7, 11) is 2.93. The molecule has 0 aliphatic heterocycles. The molecule has 0 saturated heterocycles. The zero-order valence-corrected chi connectivity index (χ0v) is 9.32. The average Bonchev–Trinajstić information content (AvgIpc) is 2.14. The van der Waals surface area contributed by atoms with Gasteiger partial charge in [-0.2, -0.15) is 0 Å². The fraction of sp³-hybridized carbons (Fsp3) is 0.778. The monoisotopic (exact) mass is 218 g/mol. The van der Waals surface area contributed by atoms with Crippen molar-refractivity contribution in [3.8, 4) is 0 Å². The second-order valence-corrected chi connectivity index (χ2v) is 3.42. The summed E-state index contributed by atoms with van der Waals surface area (Å²) in [6.07, 6.45) is -0.567. The molecule has 0 aliphatic rings. The first kappa shape index (κ1) is 13.9. The molecule has 6 heteroatoms. The van der Waals surface area contributed by atoms with Crippen LogP contribution in [0.25, 0.3) is 0 Å². The molecule has 2 amide bonds. The van der Waals surface area contributed by atoms with Gasteiger partial charge in [0.05, 0.1) is 19.8 Å². The molecule has 6 nitrogen and oxygen atoms in total. The Bertz CT molecular complexity index is 218. The second-order valence-electron chi connectivity index (χ2n) is 3.42. The lowest BCUT2D eigenvalue weighted by atomic mass is 10.3. The van der Waals surface area contributed by atoms with E-state index in [9.17, 15) is 9.59 Å². The van der Waals surface area contributed by atoms with E-state index in [4.69, 9.17) is 5.11 Å². The molecule has 0 rings (SSSR count). The number of amides is 2. The number of carbonyl (C=O) groups excluding carboxylic acids is 2. The number of ether oxygens (including phenoxy) is 1. The fourth-order valence-corrected chi connectivity index (χ4v) is 0.936. The van der Waals surface area contributed by atoms with E-state index >= 15 is 0 Å². The first-order valence-electron chi connectivity index (χ1n) is 4.70. The number of hydrogen-bond acceptors (Lipinski definition) is 5. The van der Waals surface area contributed by atoms with Gasteiger partial charge in [-0.3, -0.25) is 15.0 Å². The van der Waals surface area contributed by atoms with Gasteiger partial charge in [-0.25, -0.2) is 4.79 Å². The van der Waals surface area contributed by atoms with Crippen molar-refractivity contribution >= 4 is 12.0 Å². The Morgan fingerprint density at radius 1 is 1.53 bits per heavy atom. The molecular formula is C9H18N2O4. The van der Waals surface area contributed by atoms with E-state index < -0.39 is 18.1 Å². The second kappa shape index (κ2) is 7.19. The van der Waals surface area contributed by atoms with Gasteiger partial charge in [0, 0.05) is 6.54 Å². The molecule has 0 bridgehead atoms. The lowest BCUT2D eigenvalue weighted by Gasteiger charge is -2.16. The van der Waals surface area contributed by atoms with Crippen molar-refractivity contribution in [3.63, 3.8) is 0 Å². The van der Waals surface area contributed by atoms with Gasteiger partial charge < -0.3 is 9.84 Å². The number of nitrogens with one attached hydrogen (secondary N) is 1. The third kappa shape index (κ3) is 7.90. The number of nitrogens with zero attached hydrogens (tertiary/aromatic N) is 1. The highest BCUT2D eigenvalue weighted by atomic mass is 16.5. The number of methoxy groups -OCH3 is 1. The molecule has 2 N–H and O–H groups in total. The Labute approximate surface area is 89.2 Å². The van der Waals surface area contributed by atoms with Crippen LogP contribution >= 0.6 is 0 Å². The molecule has 88 valence electrons. The van der Waals surface area contributed by atoms with Crippen LogP contribution in [-0.2, 0) is 9.53 Å². The smallest absolute Gasteiger partial charge is 0.413 e. The van der Waals surface area contributed by atoms with Crippen LogP contribution in [0.4, 0.5) is 4.79 Å². The van der Waals surface area contributed by atoms with Crippen molar-refractivity contribution in [2.75, 3.05) is 27.2 Å². The molecule has 0 radical (unpaired) electrons. The van der Waals surface area contributed by atoms with E-state index in [1.165, 1.54) is 7.11 Å². The Morgan fingerprint density at radius 3 is 2.60 bits per heavy atom. The molecule has 1 unspecified atom stereocenters. The van der Waals surface area contributed by atoms with Crippen molar-refractivity contribution in [3.05, 3.63) is 0 Å². The molecule has 0 heterocycles. The summed E-state index contributed by atoms with van der Waals surface area (Å²) < 4.78 is 4.27. The van der Waals surface area contributed by atoms with E-state index in [-0.39, 0.29) is 6.54 Å². The number of rotatable bonds is 5. The van der Waals surface area contributed by atoms with Gasteiger partial charge >= 0.3 is 6.09 Å². The van der Waals surface area contributed by atoms with E-state index in [2.05, 4.69) is 4.74 Å². The first-order valence-corrected chi connectivity index (χ1v) is 4.70. The molecule has 0 aromatic heterocycles. The van der Waals surface area contributed by atoms with Gasteiger partial charge in [-0.1, -0.05) is 0 Å². The minimum absolute atomic E-state index is 0.0990. The highest BCUT2D eigenvalue weighted by Crippen LogP contribution is 1.92. The summed E-state index contributed by atoms with van der Waals surface area (Å²) in [6, 6.07) is 0. The van der Waals surface area contributed by atoms with Crippen LogP contribution < -0.4 is 5.32 Å². The summed E-state index contributed by atoms with van der Waals surface area (Å²) in [6.45, 7) is 2.37. The molecule has 1 atom stereocenters. The first-order chi connectivity index (χ1) is 6.95. The molecule has 0 saturated carbocycles. The van der Waals surface area contributed by atoms with Gasteiger partial charge in [0.1, 0.15) is 0 Å². The van der Waals surface area contributed by atoms with Crippen molar-refractivity contribution < 1.29 is 19.4 Å². The lowest BCUT2D eigenvalue weighted by molar-refractivity contribution is -0.121. The molecule has 0 aromatic carbocycles. The van der Waals surface area contributed by atoms with E-state index in [1.54, 1.807) is 18.9 Å². The van der Waals surface area contributed by atoms with Crippen molar-refractivity contribution in [1.82, 2.24) is 10.2 Å². The van der Waals surface area contributed by atoms with E-state index in [0.29, 0.717) is 13.0 Å². The van der Waals surface area contributed by atoms with Crippen molar-refractivity contribution in [2.45, 2.75) is 19.4 Å². The third-order valence-electron chi connectivity index (χ3n) is 1.77. The number of carbonyl (C=O) groups is 2. The summed E-state index contributed by atoms with van der Waals surface area (Å²) >= 11 is 0. The predicted molar refractivity (Wildman–Crippen MR) is 54.3 cm³/mol. The van der Waals surface area contributed by atoms with Crippen LogP contribution in [0.1, 0.15) is 13.3 Å². The maximum atomic E-state index is 11.2. The standard InChI is InChI=1S/C9H18N2O4/c1-7(12)4-5-11(2)6-8(13)10-9(14)15-3/h7,12H,4-6H2,1-3H3,(H,10,13,14). The highest BCUT2D eigenvalue weighted by molar-refractivity contribution is 5.92. The SMILES string of the molecule is COC(=O)NC(=O)CN(C)CCC(C)O. The maximum Gasteiger partial charge on any atom is 0.413 e. The van der Waals surface area contributed by atoms with Crippen molar-refractivity contribution in [1.29, 1.82) is 0 Å². The van der Waals surface area contributed by atoms with Crippen molar-refractivity contribution in [2.24, 2.45) is 0 Å². The van der Waals surface area contributed by atoms with Gasteiger partial charge in [-0.05, 0) is 20.4 Å². The Hall–Kier alpha value is -1.14. The number of hydrogen-bond donors (Lipinski definition) is 2.